The minimum Gasteiger partial charge on any atom is -0.382 e. The van der Waals surface area contributed by atoms with E-state index in [1.165, 1.54) is 5.56 Å². The van der Waals surface area contributed by atoms with Crippen molar-refractivity contribution >= 4 is 17.2 Å². The standard InChI is InChI=1S/C18H21NO2S/c1-12-5-6-14(10-13(12)2)17(20)19-11-18(21,15-7-8-15)16-4-3-9-22-16/h3-6,9-10,15,21H,7-8,11H2,1-2H3,(H,19,20). The number of carbonyl (C=O) groups excluding carboxylic acids is 1. The molecule has 0 bridgehead atoms. The molecule has 1 amide bonds. The number of hydrogen-bond acceptors (Lipinski definition) is 3. The van der Waals surface area contributed by atoms with Crippen molar-refractivity contribution in [1.29, 1.82) is 0 Å². The lowest BCUT2D eigenvalue weighted by Gasteiger charge is -2.27. The Hall–Kier alpha value is -1.65. The first-order valence-corrected chi connectivity index (χ1v) is 8.50. The molecule has 0 spiro atoms. The fraction of sp³-hybridized carbons (Fsp3) is 0.389. The van der Waals surface area contributed by atoms with E-state index in [9.17, 15) is 9.90 Å². The van der Waals surface area contributed by atoms with Crippen molar-refractivity contribution in [3.8, 4) is 0 Å². The largest absolute Gasteiger partial charge is 0.382 e. The van der Waals surface area contributed by atoms with Crippen molar-refractivity contribution in [2.24, 2.45) is 5.92 Å². The van der Waals surface area contributed by atoms with Gasteiger partial charge in [-0.05, 0) is 67.3 Å². The third-order valence-electron chi connectivity index (χ3n) is 4.49. The smallest absolute Gasteiger partial charge is 0.251 e. The minimum absolute atomic E-state index is 0.126. The number of benzene rings is 1. The highest BCUT2D eigenvalue weighted by atomic mass is 32.1. The first-order valence-electron chi connectivity index (χ1n) is 7.62. The van der Waals surface area contributed by atoms with Crippen LogP contribution in [-0.4, -0.2) is 17.6 Å². The maximum Gasteiger partial charge on any atom is 0.251 e. The second-order valence-corrected chi connectivity index (χ2v) is 7.11. The van der Waals surface area contributed by atoms with E-state index in [1.54, 1.807) is 11.3 Å². The van der Waals surface area contributed by atoms with Gasteiger partial charge in [-0.1, -0.05) is 12.1 Å². The Kier molecular flexibility index (Phi) is 4.06. The summed E-state index contributed by atoms with van der Waals surface area (Å²) in [6.45, 7) is 4.29. The van der Waals surface area contributed by atoms with E-state index in [0.29, 0.717) is 5.56 Å². The van der Waals surface area contributed by atoms with E-state index >= 15 is 0 Å². The van der Waals surface area contributed by atoms with Gasteiger partial charge in [0.05, 0.1) is 6.54 Å². The van der Waals surface area contributed by atoms with Crippen LogP contribution in [0.4, 0.5) is 0 Å². The van der Waals surface area contributed by atoms with Gasteiger partial charge in [0.2, 0.25) is 0 Å². The summed E-state index contributed by atoms with van der Waals surface area (Å²) in [7, 11) is 0. The highest BCUT2D eigenvalue weighted by molar-refractivity contribution is 7.10. The first kappa shape index (κ1) is 15.3. The van der Waals surface area contributed by atoms with Crippen molar-refractivity contribution in [3.63, 3.8) is 0 Å². The van der Waals surface area contributed by atoms with Crippen LogP contribution in [0.3, 0.4) is 0 Å². The molecule has 1 atom stereocenters. The van der Waals surface area contributed by atoms with E-state index < -0.39 is 5.60 Å². The fourth-order valence-electron chi connectivity index (χ4n) is 2.72. The van der Waals surface area contributed by atoms with Crippen LogP contribution in [0.25, 0.3) is 0 Å². The second-order valence-electron chi connectivity index (χ2n) is 6.16. The van der Waals surface area contributed by atoms with Gasteiger partial charge in [-0.15, -0.1) is 11.3 Å². The van der Waals surface area contributed by atoms with Gasteiger partial charge in [0.1, 0.15) is 5.60 Å². The van der Waals surface area contributed by atoms with Crippen LogP contribution < -0.4 is 5.32 Å². The van der Waals surface area contributed by atoms with E-state index in [0.717, 1.165) is 23.3 Å². The number of carbonyl (C=O) groups is 1. The van der Waals surface area contributed by atoms with Crippen molar-refractivity contribution < 1.29 is 9.90 Å². The third-order valence-corrected chi connectivity index (χ3v) is 5.52. The van der Waals surface area contributed by atoms with E-state index in [1.807, 2.05) is 49.6 Å². The van der Waals surface area contributed by atoms with Crippen LogP contribution in [0.15, 0.2) is 35.7 Å². The zero-order valence-corrected chi connectivity index (χ0v) is 13.7. The Morgan fingerprint density at radius 2 is 2.09 bits per heavy atom. The molecule has 1 unspecified atom stereocenters. The highest BCUT2D eigenvalue weighted by Crippen LogP contribution is 2.46. The average molecular weight is 315 g/mol. The molecular weight excluding hydrogens is 294 g/mol. The molecule has 2 aromatic rings. The van der Waals surface area contributed by atoms with Gasteiger partial charge in [-0.3, -0.25) is 4.79 Å². The molecule has 2 N–H and O–H groups in total. The SMILES string of the molecule is Cc1ccc(C(=O)NCC(O)(c2cccs2)C2CC2)cc1C. The molecule has 1 aromatic carbocycles. The summed E-state index contributed by atoms with van der Waals surface area (Å²) >= 11 is 1.55. The molecule has 1 aliphatic carbocycles. The summed E-state index contributed by atoms with van der Waals surface area (Å²) in [6, 6.07) is 9.57. The van der Waals surface area contributed by atoms with Gasteiger partial charge in [0, 0.05) is 10.4 Å². The maximum atomic E-state index is 12.3. The zero-order chi connectivity index (χ0) is 15.7. The summed E-state index contributed by atoms with van der Waals surface area (Å²) in [5.74, 6) is 0.130. The van der Waals surface area contributed by atoms with Crippen LogP contribution in [0, 0.1) is 19.8 Å². The monoisotopic (exact) mass is 315 g/mol. The van der Waals surface area contributed by atoms with Gasteiger partial charge in [-0.25, -0.2) is 0 Å². The van der Waals surface area contributed by atoms with Crippen molar-refractivity contribution in [2.75, 3.05) is 6.54 Å². The fourth-order valence-corrected chi connectivity index (χ4v) is 3.62. The van der Waals surface area contributed by atoms with Crippen LogP contribution in [-0.2, 0) is 5.60 Å². The Morgan fingerprint density at radius 1 is 1.32 bits per heavy atom. The predicted molar refractivity (Wildman–Crippen MR) is 89.2 cm³/mol. The van der Waals surface area contributed by atoms with Crippen LogP contribution in [0.5, 0.6) is 0 Å². The molecule has 22 heavy (non-hydrogen) atoms. The zero-order valence-electron chi connectivity index (χ0n) is 12.9. The van der Waals surface area contributed by atoms with Crippen molar-refractivity contribution in [3.05, 3.63) is 57.3 Å². The molecule has 0 aliphatic heterocycles. The van der Waals surface area contributed by atoms with Crippen LogP contribution in [0.1, 0.15) is 39.2 Å². The molecule has 1 fully saturated rings. The number of thiophene rings is 1. The van der Waals surface area contributed by atoms with Gasteiger partial charge in [0.15, 0.2) is 0 Å². The molecule has 1 saturated carbocycles. The molecule has 116 valence electrons. The lowest BCUT2D eigenvalue weighted by molar-refractivity contribution is 0.0169. The quantitative estimate of drug-likeness (QED) is 0.888. The Bertz CT molecular complexity index is 676. The number of aliphatic hydroxyl groups is 1. The van der Waals surface area contributed by atoms with Crippen molar-refractivity contribution in [1.82, 2.24) is 5.32 Å². The highest BCUT2D eigenvalue weighted by Gasteiger charge is 2.45. The Balaban J connectivity index is 1.72. The molecule has 1 aromatic heterocycles. The maximum absolute atomic E-state index is 12.3. The normalized spacial score (nSPS) is 17.0. The number of aryl methyl sites for hydroxylation is 2. The summed E-state index contributed by atoms with van der Waals surface area (Å²) in [4.78, 5) is 13.3. The second kappa shape index (κ2) is 5.86. The van der Waals surface area contributed by atoms with Crippen molar-refractivity contribution in [2.45, 2.75) is 32.3 Å². The van der Waals surface area contributed by atoms with E-state index in [-0.39, 0.29) is 18.4 Å². The number of hydrogen-bond donors (Lipinski definition) is 2. The van der Waals surface area contributed by atoms with Crippen LogP contribution >= 0.6 is 11.3 Å². The topological polar surface area (TPSA) is 49.3 Å². The number of rotatable bonds is 5. The summed E-state index contributed by atoms with van der Waals surface area (Å²) in [6.07, 6.45) is 2.04. The number of amides is 1. The molecular formula is C18H21NO2S. The summed E-state index contributed by atoms with van der Waals surface area (Å²) in [5, 5.41) is 15.9. The minimum atomic E-state index is -0.927. The molecule has 3 nitrogen and oxygen atoms in total. The van der Waals surface area contributed by atoms with Gasteiger partial charge in [-0.2, -0.15) is 0 Å². The van der Waals surface area contributed by atoms with Crippen LogP contribution in [0.2, 0.25) is 0 Å². The predicted octanol–water partition coefficient (Wildman–Crippen LogP) is 3.39. The van der Waals surface area contributed by atoms with Gasteiger partial charge >= 0.3 is 0 Å². The van der Waals surface area contributed by atoms with Gasteiger partial charge < -0.3 is 10.4 Å². The van der Waals surface area contributed by atoms with Gasteiger partial charge in [0.25, 0.3) is 5.91 Å². The first-order chi connectivity index (χ1) is 10.5. The molecule has 3 rings (SSSR count). The Morgan fingerprint density at radius 3 is 2.68 bits per heavy atom. The van der Waals surface area contributed by atoms with E-state index in [4.69, 9.17) is 0 Å². The average Bonchev–Trinajstić information content (AvgIpc) is 3.22. The van der Waals surface area contributed by atoms with E-state index in [2.05, 4.69) is 5.32 Å². The molecule has 1 aliphatic rings. The molecule has 1 heterocycles. The number of nitrogens with one attached hydrogen (secondary N) is 1. The lowest BCUT2D eigenvalue weighted by Crippen LogP contribution is -2.42. The molecule has 0 radical (unpaired) electrons. The summed E-state index contributed by atoms with van der Waals surface area (Å²) < 4.78 is 0. The lowest BCUT2D eigenvalue weighted by atomic mass is 9.95. The molecule has 4 heteroatoms. The Labute approximate surface area is 135 Å². The summed E-state index contributed by atoms with van der Waals surface area (Å²) in [5.41, 5.74) is 1.99. The third kappa shape index (κ3) is 2.94. The molecule has 0 saturated heterocycles.